The molecule has 0 heterocycles. The fraction of sp³-hybridized carbons (Fsp3) is 0. The molecule has 2 aliphatic rings. The van der Waals surface area contributed by atoms with Crippen LogP contribution in [0.1, 0.15) is 22.3 Å². The molecule has 3 heteroatoms. The monoisotopic (exact) mass is 362 g/mol. The smallest absolute Gasteiger partial charge is 0.195 e. The highest BCUT2D eigenvalue weighted by Crippen LogP contribution is 2.49. The Hall–Kier alpha value is -3.85. The number of nitrogens with two attached hydrogens (primary N) is 2. The van der Waals surface area contributed by atoms with Crippen LogP contribution in [-0.2, 0) is 4.79 Å². The Balaban J connectivity index is 1.88. The summed E-state index contributed by atoms with van der Waals surface area (Å²) in [7, 11) is 0. The van der Waals surface area contributed by atoms with Gasteiger partial charge in [0.1, 0.15) is 0 Å². The van der Waals surface area contributed by atoms with E-state index in [0.29, 0.717) is 22.5 Å². The molecule has 2 aliphatic carbocycles. The molecule has 0 fully saturated rings. The number of benzene rings is 3. The Bertz CT molecular complexity index is 1220. The highest BCUT2D eigenvalue weighted by molar-refractivity contribution is 6.45. The summed E-state index contributed by atoms with van der Waals surface area (Å²) < 4.78 is 0. The minimum Gasteiger partial charge on any atom is -0.398 e. The minimum absolute atomic E-state index is 0.0233. The fourth-order valence-electron chi connectivity index (χ4n) is 4.11. The van der Waals surface area contributed by atoms with Gasteiger partial charge in [-0.3, -0.25) is 4.79 Å². The van der Waals surface area contributed by atoms with Crippen LogP contribution in [0, 0.1) is 0 Å². The van der Waals surface area contributed by atoms with E-state index in [9.17, 15) is 4.79 Å². The molecule has 0 aliphatic heterocycles. The lowest BCUT2D eigenvalue weighted by atomic mass is 9.79. The molecule has 134 valence electrons. The number of allylic oxidation sites excluding steroid dienone is 4. The van der Waals surface area contributed by atoms with Crippen molar-refractivity contribution in [3.05, 3.63) is 112 Å². The Morgan fingerprint density at radius 1 is 0.607 bits per heavy atom. The van der Waals surface area contributed by atoms with Gasteiger partial charge in [0.05, 0.1) is 0 Å². The molecule has 0 saturated heterocycles. The first kappa shape index (κ1) is 16.3. The van der Waals surface area contributed by atoms with Crippen LogP contribution in [-0.4, -0.2) is 5.78 Å². The van der Waals surface area contributed by atoms with Gasteiger partial charge in [-0.1, -0.05) is 72.8 Å². The number of rotatable bonds is 2. The van der Waals surface area contributed by atoms with Crippen LogP contribution in [0.25, 0.3) is 22.8 Å². The van der Waals surface area contributed by atoms with Crippen LogP contribution in [0.3, 0.4) is 0 Å². The van der Waals surface area contributed by atoms with Crippen LogP contribution >= 0.6 is 0 Å². The summed E-state index contributed by atoms with van der Waals surface area (Å²) in [6.07, 6.45) is 1.90. The predicted molar refractivity (Wildman–Crippen MR) is 115 cm³/mol. The number of Topliss-reactive ketones (excluding diaryl/α,β-unsaturated/α-hetero) is 1. The molecule has 0 spiro atoms. The van der Waals surface area contributed by atoms with Crippen molar-refractivity contribution in [3.63, 3.8) is 0 Å². The van der Waals surface area contributed by atoms with Gasteiger partial charge in [0.2, 0.25) is 0 Å². The van der Waals surface area contributed by atoms with Crippen molar-refractivity contribution in [3.8, 4) is 0 Å². The zero-order valence-corrected chi connectivity index (χ0v) is 15.1. The van der Waals surface area contributed by atoms with Gasteiger partial charge < -0.3 is 11.5 Å². The molecule has 3 aromatic carbocycles. The van der Waals surface area contributed by atoms with Crippen molar-refractivity contribution in [1.29, 1.82) is 0 Å². The summed E-state index contributed by atoms with van der Waals surface area (Å²) in [5, 5.41) is 0. The molecular formula is C25H18N2O. The van der Waals surface area contributed by atoms with Crippen molar-refractivity contribution in [2.24, 2.45) is 5.73 Å². The molecule has 0 atom stereocenters. The maximum Gasteiger partial charge on any atom is 0.195 e. The zero-order valence-electron chi connectivity index (χ0n) is 15.1. The topological polar surface area (TPSA) is 69.1 Å². The zero-order chi connectivity index (χ0) is 19.3. The average molecular weight is 362 g/mol. The van der Waals surface area contributed by atoms with E-state index >= 15 is 0 Å². The first-order valence-electron chi connectivity index (χ1n) is 9.17. The number of hydrogen-bond acceptors (Lipinski definition) is 3. The normalized spacial score (nSPS) is 15.4. The third-order valence-corrected chi connectivity index (χ3v) is 5.33. The van der Waals surface area contributed by atoms with Gasteiger partial charge in [0.25, 0.3) is 0 Å². The third kappa shape index (κ3) is 2.26. The van der Waals surface area contributed by atoms with E-state index < -0.39 is 0 Å². The maximum atomic E-state index is 13.7. The number of nitrogen functional groups attached to an aromatic ring is 1. The molecule has 0 amide bonds. The van der Waals surface area contributed by atoms with Crippen molar-refractivity contribution in [2.45, 2.75) is 0 Å². The van der Waals surface area contributed by atoms with E-state index in [0.717, 1.165) is 33.4 Å². The third-order valence-electron chi connectivity index (χ3n) is 5.33. The van der Waals surface area contributed by atoms with E-state index in [-0.39, 0.29) is 5.78 Å². The molecule has 0 aromatic heterocycles. The van der Waals surface area contributed by atoms with Gasteiger partial charge in [-0.2, -0.15) is 0 Å². The summed E-state index contributed by atoms with van der Waals surface area (Å²) in [5.74, 6) is -0.0233. The van der Waals surface area contributed by atoms with Crippen LogP contribution < -0.4 is 11.5 Å². The van der Waals surface area contributed by atoms with Crippen LogP contribution in [0.5, 0.6) is 0 Å². The number of carbonyl (C=O) groups is 1. The Labute approximate surface area is 163 Å². The van der Waals surface area contributed by atoms with Gasteiger partial charge >= 0.3 is 0 Å². The predicted octanol–water partition coefficient (Wildman–Crippen LogP) is 4.53. The highest BCUT2D eigenvalue weighted by atomic mass is 16.1. The number of anilines is 1. The lowest BCUT2D eigenvalue weighted by molar-refractivity contribution is -0.110. The second kappa shape index (κ2) is 6.10. The van der Waals surface area contributed by atoms with Crippen molar-refractivity contribution >= 4 is 34.3 Å². The van der Waals surface area contributed by atoms with Gasteiger partial charge in [0.15, 0.2) is 5.78 Å². The molecule has 0 radical (unpaired) electrons. The number of fused-ring (bicyclic) bond motifs is 3. The largest absolute Gasteiger partial charge is 0.398 e. The van der Waals surface area contributed by atoms with Crippen LogP contribution in [0.2, 0.25) is 0 Å². The van der Waals surface area contributed by atoms with E-state index in [2.05, 4.69) is 0 Å². The summed E-state index contributed by atoms with van der Waals surface area (Å²) in [6, 6.07) is 25.2. The van der Waals surface area contributed by atoms with Crippen molar-refractivity contribution in [1.82, 2.24) is 0 Å². The average Bonchev–Trinajstić information content (AvgIpc) is 3.13. The van der Waals surface area contributed by atoms with Gasteiger partial charge in [-0.05, 0) is 28.8 Å². The maximum absolute atomic E-state index is 13.7. The summed E-state index contributed by atoms with van der Waals surface area (Å²) in [5.41, 5.74) is 20.5. The lowest BCUT2D eigenvalue weighted by Crippen LogP contribution is -2.19. The molecule has 3 aromatic rings. The van der Waals surface area contributed by atoms with Crippen molar-refractivity contribution in [2.75, 3.05) is 5.73 Å². The van der Waals surface area contributed by atoms with Gasteiger partial charge in [-0.25, -0.2) is 0 Å². The lowest BCUT2D eigenvalue weighted by Gasteiger charge is -2.25. The van der Waals surface area contributed by atoms with E-state index in [1.165, 1.54) is 0 Å². The van der Waals surface area contributed by atoms with E-state index in [4.69, 9.17) is 11.5 Å². The quantitative estimate of drug-likeness (QED) is 0.658. The van der Waals surface area contributed by atoms with Gasteiger partial charge in [0, 0.05) is 39.2 Å². The number of ketones is 1. The highest BCUT2D eigenvalue weighted by Gasteiger charge is 2.37. The summed E-state index contributed by atoms with van der Waals surface area (Å²) in [4.78, 5) is 13.7. The Kier molecular flexibility index (Phi) is 3.56. The Morgan fingerprint density at radius 2 is 1.21 bits per heavy atom. The molecular weight excluding hydrogens is 344 g/mol. The van der Waals surface area contributed by atoms with E-state index in [1.807, 2.05) is 84.9 Å². The molecule has 28 heavy (non-hydrogen) atoms. The molecule has 0 unspecified atom stereocenters. The SMILES string of the molecule is NC1=C2C(=Cc3cccc(N)c32)C(=O)C(c2ccccc2)=C1c1ccccc1. The first-order chi connectivity index (χ1) is 13.7. The molecule has 4 N–H and O–H groups in total. The molecule has 5 rings (SSSR count). The van der Waals surface area contributed by atoms with Gasteiger partial charge in [-0.15, -0.1) is 0 Å². The molecule has 0 bridgehead atoms. The molecule has 0 saturated carbocycles. The Morgan fingerprint density at radius 3 is 1.86 bits per heavy atom. The fourth-order valence-corrected chi connectivity index (χ4v) is 4.11. The second-order valence-corrected chi connectivity index (χ2v) is 6.97. The standard InChI is InChI=1S/C25H18N2O/c26-19-13-7-12-17-14-18-23(20(17)19)24(27)21(15-8-3-1-4-9-15)22(25(18)28)16-10-5-2-6-11-16/h1-14H,26-27H2. The molecule has 3 nitrogen and oxygen atoms in total. The van der Waals surface area contributed by atoms with Crippen LogP contribution in [0.4, 0.5) is 5.69 Å². The van der Waals surface area contributed by atoms with E-state index in [1.54, 1.807) is 0 Å². The number of carbonyl (C=O) groups excluding carboxylic acids is 1. The minimum atomic E-state index is -0.0233. The van der Waals surface area contributed by atoms with Crippen molar-refractivity contribution < 1.29 is 4.79 Å². The number of hydrogen-bond donors (Lipinski definition) is 2. The summed E-state index contributed by atoms with van der Waals surface area (Å²) in [6.45, 7) is 0. The summed E-state index contributed by atoms with van der Waals surface area (Å²) >= 11 is 0. The second-order valence-electron chi connectivity index (χ2n) is 6.97. The first-order valence-corrected chi connectivity index (χ1v) is 9.17. The van der Waals surface area contributed by atoms with Crippen LogP contribution in [0.15, 0.2) is 90.1 Å².